The van der Waals surface area contributed by atoms with Gasteiger partial charge in [-0.3, -0.25) is 9.36 Å². The lowest BCUT2D eigenvalue weighted by Gasteiger charge is -2.24. The predicted molar refractivity (Wildman–Crippen MR) is 94.7 cm³/mol. The number of benzene rings is 1. The van der Waals surface area contributed by atoms with Crippen LogP contribution in [0.2, 0.25) is 10.0 Å². The van der Waals surface area contributed by atoms with Crippen LogP contribution in [0.25, 0.3) is 10.9 Å². The van der Waals surface area contributed by atoms with E-state index in [1.165, 1.54) is 0 Å². The first kappa shape index (κ1) is 18.4. The molecule has 0 saturated carbocycles. The molecular weight excluding hydrogens is 371 g/mol. The fourth-order valence-corrected chi connectivity index (χ4v) is 3.56. The van der Waals surface area contributed by atoms with Crippen molar-refractivity contribution in [3.63, 3.8) is 0 Å². The van der Waals surface area contributed by atoms with E-state index in [0.29, 0.717) is 33.6 Å². The number of aliphatic hydroxyl groups excluding tert-OH is 3. The van der Waals surface area contributed by atoms with Crippen molar-refractivity contribution in [1.29, 1.82) is 0 Å². The average Bonchev–Trinajstić information content (AvgIpc) is 3.03. The Morgan fingerprint density at radius 2 is 1.88 bits per heavy atom. The number of carbonyl (C=O) groups is 1. The molecular formula is C16H18Cl2N2O5. The number of aldehydes is 1. The number of anilines is 1. The molecule has 25 heavy (non-hydrogen) atoms. The maximum Gasteiger partial charge on any atom is 0.164 e. The second-order valence-corrected chi connectivity index (χ2v) is 6.95. The molecule has 0 spiro atoms. The summed E-state index contributed by atoms with van der Waals surface area (Å²) in [6.45, 7) is -0.446. The molecule has 0 unspecified atom stereocenters. The fraction of sp³-hybridized carbons (Fsp3) is 0.438. The molecule has 1 aromatic carbocycles. The van der Waals surface area contributed by atoms with Crippen LogP contribution in [0.4, 0.5) is 5.82 Å². The highest BCUT2D eigenvalue weighted by Crippen LogP contribution is 2.41. The summed E-state index contributed by atoms with van der Waals surface area (Å²) in [7, 11) is 3.48. The first-order chi connectivity index (χ1) is 11.8. The number of rotatable bonds is 4. The van der Waals surface area contributed by atoms with E-state index in [1.807, 2.05) is 0 Å². The Hall–Kier alpha value is -1.35. The molecule has 1 aliphatic heterocycles. The van der Waals surface area contributed by atoms with Gasteiger partial charge in [0, 0.05) is 19.5 Å². The fourth-order valence-electron chi connectivity index (χ4n) is 3.24. The van der Waals surface area contributed by atoms with Crippen LogP contribution in [0.1, 0.15) is 16.6 Å². The zero-order chi connectivity index (χ0) is 18.5. The number of nitrogens with zero attached hydrogens (tertiary/aromatic N) is 2. The van der Waals surface area contributed by atoms with Gasteiger partial charge >= 0.3 is 0 Å². The van der Waals surface area contributed by atoms with Crippen LogP contribution >= 0.6 is 23.2 Å². The third-order valence-electron chi connectivity index (χ3n) is 4.37. The molecule has 1 aliphatic rings. The van der Waals surface area contributed by atoms with Gasteiger partial charge in [0.2, 0.25) is 0 Å². The molecule has 2 aromatic rings. The van der Waals surface area contributed by atoms with E-state index in [2.05, 4.69) is 0 Å². The van der Waals surface area contributed by atoms with Gasteiger partial charge in [-0.2, -0.15) is 0 Å². The van der Waals surface area contributed by atoms with Crippen LogP contribution in [0.5, 0.6) is 0 Å². The van der Waals surface area contributed by atoms with Crippen molar-refractivity contribution < 1.29 is 24.9 Å². The number of carbonyl (C=O) groups excluding carboxylic acids is 1. The highest BCUT2D eigenvalue weighted by molar-refractivity contribution is 6.43. The molecule has 0 bridgehead atoms. The Morgan fingerprint density at radius 1 is 1.24 bits per heavy atom. The molecule has 3 N–H and O–H groups in total. The van der Waals surface area contributed by atoms with Crippen molar-refractivity contribution in [3.05, 3.63) is 27.7 Å². The summed E-state index contributed by atoms with van der Waals surface area (Å²) in [5, 5.41) is 30.9. The summed E-state index contributed by atoms with van der Waals surface area (Å²) in [5.41, 5.74) is 0.881. The van der Waals surface area contributed by atoms with Crippen LogP contribution in [-0.2, 0) is 4.74 Å². The number of ether oxygens (including phenoxy) is 1. The predicted octanol–water partition coefficient (Wildman–Crippen LogP) is 1.44. The Morgan fingerprint density at radius 3 is 2.40 bits per heavy atom. The number of aromatic nitrogens is 1. The quantitative estimate of drug-likeness (QED) is 0.685. The van der Waals surface area contributed by atoms with Gasteiger partial charge in [0.15, 0.2) is 12.5 Å². The molecule has 2 heterocycles. The van der Waals surface area contributed by atoms with Gasteiger partial charge in [0.1, 0.15) is 24.1 Å². The molecule has 1 aromatic heterocycles. The average molecular weight is 389 g/mol. The van der Waals surface area contributed by atoms with Crippen LogP contribution in [-0.4, -0.2) is 65.2 Å². The second kappa shape index (κ2) is 6.75. The van der Waals surface area contributed by atoms with Crippen molar-refractivity contribution in [2.24, 2.45) is 0 Å². The minimum atomic E-state index is -1.29. The molecule has 0 aliphatic carbocycles. The van der Waals surface area contributed by atoms with Crippen molar-refractivity contribution >= 4 is 46.2 Å². The van der Waals surface area contributed by atoms with Crippen molar-refractivity contribution in [1.82, 2.24) is 4.57 Å². The van der Waals surface area contributed by atoms with E-state index in [-0.39, 0.29) is 5.02 Å². The largest absolute Gasteiger partial charge is 0.394 e. The number of fused-ring (bicyclic) bond motifs is 1. The summed E-state index contributed by atoms with van der Waals surface area (Å²) in [6.07, 6.45) is -3.79. The lowest BCUT2D eigenvalue weighted by molar-refractivity contribution is -0.0499. The number of halogens is 2. The van der Waals surface area contributed by atoms with E-state index in [4.69, 9.17) is 27.9 Å². The summed E-state index contributed by atoms with van der Waals surface area (Å²) < 4.78 is 7.23. The number of aliphatic hydroxyl groups is 3. The second-order valence-electron chi connectivity index (χ2n) is 6.13. The van der Waals surface area contributed by atoms with Gasteiger partial charge in [0.05, 0.1) is 27.7 Å². The van der Waals surface area contributed by atoms with E-state index in [0.717, 1.165) is 0 Å². The Labute approximate surface area is 153 Å². The molecule has 9 heteroatoms. The zero-order valence-electron chi connectivity index (χ0n) is 13.6. The molecule has 1 saturated heterocycles. The van der Waals surface area contributed by atoms with Gasteiger partial charge in [-0.15, -0.1) is 0 Å². The lowest BCUT2D eigenvalue weighted by atomic mass is 10.1. The monoisotopic (exact) mass is 388 g/mol. The van der Waals surface area contributed by atoms with Crippen LogP contribution in [0.3, 0.4) is 0 Å². The summed E-state index contributed by atoms with van der Waals surface area (Å²) in [4.78, 5) is 13.4. The van der Waals surface area contributed by atoms with Gasteiger partial charge in [-0.25, -0.2) is 0 Å². The maximum absolute atomic E-state index is 11.7. The molecule has 7 nitrogen and oxygen atoms in total. The van der Waals surface area contributed by atoms with Crippen molar-refractivity contribution in [2.45, 2.75) is 24.5 Å². The van der Waals surface area contributed by atoms with E-state index in [9.17, 15) is 20.1 Å². The summed E-state index contributed by atoms with van der Waals surface area (Å²) in [5.74, 6) is 0.471. The van der Waals surface area contributed by atoms with Crippen molar-refractivity contribution in [3.8, 4) is 0 Å². The van der Waals surface area contributed by atoms with E-state index < -0.39 is 31.1 Å². The third-order valence-corrected chi connectivity index (χ3v) is 5.09. The van der Waals surface area contributed by atoms with E-state index in [1.54, 1.807) is 35.7 Å². The normalized spacial score (nSPS) is 26.4. The smallest absolute Gasteiger partial charge is 0.164 e. The first-order valence-corrected chi connectivity index (χ1v) is 8.35. The molecule has 0 radical (unpaired) electrons. The maximum atomic E-state index is 11.7. The van der Waals surface area contributed by atoms with Gasteiger partial charge < -0.3 is 25.0 Å². The molecule has 136 valence electrons. The molecule has 0 amide bonds. The molecule has 3 rings (SSSR count). The van der Waals surface area contributed by atoms with Gasteiger partial charge in [0.25, 0.3) is 0 Å². The Kier molecular flexibility index (Phi) is 4.98. The first-order valence-electron chi connectivity index (χ1n) is 7.59. The minimum Gasteiger partial charge on any atom is -0.394 e. The Balaban J connectivity index is 2.31. The number of hydrogen-bond acceptors (Lipinski definition) is 6. The Bertz CT molecular complexity index is 823. The molecule has 1 fully saturated rings. The van der Waals surface area contributed by atoms with E-state index >= 15 is 0 Å². The highest BCUT2D eigenvalue weighted by Gasteiger charge is 2.45. The third kappa shape index (κ3) is 2.81. The van der Waals surface area contributed by atoms with Crippen LogP contribution < -0.4 is 4.90 Å². The van der Waals surface area contributed by atoms with Gasteiger partial charge in [-0.1, -0.05) is 23.2 Å². The lowest BCUT2D eigenvalue weighted by Crippen LogP contribution is -2.33. The van der Waals surface area contributed by atoms with Crippen LogP contribution in [0, 0.1) is 0 Å². The van der Waals surface area contributed by atoms with Crippen LogP contribution in [0.15, 0.2) is 12.1 Å². The molecule has 4 atom stereocenters. The zero-order valence-corrected chi connectivity index (χ0v) is 15.1. The summed E-state index contributed by atoms with van der Waals surface area (Å²) >= 11 is 12.2. The number of hydrogen-bond donors (Lipinski definition) is 3. The van der Waals surface area contributed by atoms with Crippen molar-refractivity contribution in [2.75, 3.05) is 25.6 Å². The van der Waals surface area contributed by atoms with Gasteiger partial charge in [-0.05, 0) is 12.1 Å². The highest BCUT2D eigenvalue weighted by atomic mass is 35.5. The SMILES string of the molecule is CN(C)c1c(C=O)c2cc(Cl)c(Cl)cc2n1[C@@H]1O[C@H](CO)[C@@H](O)[C@H]1O. The topological polar surface area (TPSA) is 95.2 Å². The summed E-state index contributed by atoms with van der Waals surface area (Å²) in [6, 6.07) is 3.15. The standard InChI is InChI=1S/C16H18Cl2N2O5/c1-19(2)15-8(5-21)7-3-9(17)10(18)4-11(7)20(15)16-14(24)13(23)12(6-22)25-16/h3-5,12-14,16,22-24H,6H2,1-2H3/t12-,13-,14-,16-/m1/s1. The minimum absolute atomic E-state index is 0.280.